The molecule has 0 aromatic heterocycles. The van der Waals surface area contributed by atoms with E-state index in [4.69, 9.17) is 11.6 Å². The van der Waals surface area contributed by atoms with Crippen LogP contribution < -0.4 is 5.32 Å². The molecule has 1 aromatic rings. The molecular weight excluding hydrogens is 386 g/mol. The molecule has 1 fully saturated rings. The highest BCUT2D eigenvalue weighted by Gasteiger charge is 2.25. The fraction of sp³-hybridized carbons (Fsp3) is 0.538. The van der Waals surface area contributed by atoms with Gasteiger partial charge in [-0.1, -0.05) is 18.5 Å². The predicted octanol–water partition coefficient (Wildman–Crippen LogP) is 4.01. The van der Waals surface area contributed by atoms with Crippen LogP contribution in [-0.4, -0.2) is 36.2 Å². The molecule has 0 radical (unpaired) electrons. The quantitative estimate of drug-likeness (QED) is 0.796. The first-order chi connectivity index (χ1) is 8.65. The van der Waals surface area contributed by atoms with E-state index in [2.05, 4.69) is 33.1 Å². The molecule has 0 bridgehead atoms. The summed E-state index contributed by atoms with van der Waals surface area (Å²) in [7, 11) is 0. The Bertz CT molecular complexity index is 428. The Morgan fingerprint density at radius 1 is 1.35 bits per heavy atom. The highest BCUT2D eigenvalue weighted by atomic mass is 79.9. The van der Waals surface area contributed by atoms with Gasteiger partial charge in [0, 0.05) is 42.8 Å². The molecule has 0 saturated carbocycles. The molecular formula is C13H20BrCl3N2O. The lowest BCUT2D eigenvalue weighted by molar-refractivity contribution is 0.167. The van der Waals surface area contributed by atoms with Crippen molar-refractivity contribution in [2.45, 2.75) is 19.4 Å². The number of benzene rings is 1. The maximum atomic E-state index is 10.2. The lowest BCUT2D eigenvalue weighted by atomic mass is 10.0. The van der Waals surface area contributed by atoms with Crippen molar-refractivity contribution in [2.24, 2.45) is 0 Å². The van der Waals surface area contributed by atoms with E-state index >= 15 is 0 Å². The Balaban J connectivity index is 0.00000180. The highest BCUT2D eigenvalue weighted by Crippen LogP contribution is 2.40. The van der Waals surface area contributed by atoms with Gasteiger partial charge in [0.05, 0.1) is 4.47 Å². The fourth-order valence-corrected chi connectivity index (χ4v) is 3.14. The van der Waals surface area contributed by atoms with Gasteiger partial charge in [0.25, 0.3) is 0 Å². The second-order valence-corrected chi connectivity index (χ2v) is 5.76. The maximum Gasteiger partial charge on any atom is 0.136 e. The minimum atomic E-state index is 0. The van der Waals surface area contributed by atoms with Crippen molar-refractivity contribution in [1.29, 1.82) is 0 Å². The van der Waals surface area contributed by atoms with Crippen molar-refractivity contribution in [3.63, 3.8) is 0 Å². The van der Waals surface area contributed by atoms with Crippen LogP contribution in [0.5, 0.6) is 5.75 Å². The summed E-state index contributed by atoms with van der Waals surface area (Å²) in [5, 5.41) is 14.2. The summed E-state index contributed by atoms with van der Waals surface area (Å²) in [6, 6.07) is 3.80. The van der Waals surface area contributed by atoms with Crippen LogP contribution in [0.2, 0.25) is 5.02 Å². The first kappa shape index (κ1) is 20.3. The number of phenolic OH excluding ortho intramolecular Hbond substituents is 1. The van der Waals surface area contributed by atoms with Gasteiger partial charge in [-0.15, -0.1) is 24.8 Å². The molecule has 1 aliphatic heterocycles. The summed E-state index contributed by atoms with van der Waals surface area (Å²) >= 11 is 9.63. The molecule has 2 N–H and O–H groups in total. The smallest absolute Gasteiger partial charge is 0.136 e. The molecule has 1 atom stereocenters. The lowest BCUT2D eigenvalue weighted by Gasteiger charge is -2.35. The summed E-state index contributed by atoms with van der Waals surface area (Å²) < 4.78 is 0.704. The molecule has 20 heavy (non-hydrogen) atoms. The van der Waals surface area contributed by atoms with Crippen molar-refractivity contribution < 1.29 is 5.11 Å². The summed E-state index contributed by atoms with van der Waals surface area (Å²) in [6.45, 7) is 6.08. The minimum absolute atomic E-state index is 0. The van der Waals surface area contributed by atoms with E-state index in [1.165, 1.54) is 0 Å². The summed E-state index contributed by atoms with van der Waals surface area (Å²) in [5.41, 5.74) is 0.843. The van der Waals surface area contributed by atoms with E-state index in [0.29, 0.717) is 9.50 Å². The second-order valence-electron chi connectivity index (χ2n) is 4.50. The van der Waals surface area contributed by atoms with Crippen molar-refractivity contribution in [3.8, 4) is 5.75 Å². The summed E-state index contributed by atoms with van der Waals surface area (Å²) in [4.78, 5) is 2.38. The van der Waals surface area contributed by atoms with Crippen LogP contribution in [0.15, 0.2) is 16.6 Å². The third-order valence-corrected chi connectivity index (χ3v) is 4.40. The minimum Gasteiger partial charge on any atom is -0.506 e. The van der Waals surface area contributed by atoms with Crippen LogP contribution in [0, 0.1) is 0 Å². The molecule has 1 saturated heterocycles. The SMILES string of the molecule is CC[C@@H](c1c(Cl)ccc(Br)c1O)N1CCNCC1.Cl.Cl. The number of halogens is 4. The first-order valence-electron chi connectivity index (χ1n) is 6.26. The van der Waals surface area contributed by atoms with Gasteiger partial charge in [0.2, 0.25) is 0 Å². The molecule has 1 heterocycles. The van der Waals surface area contributed by atoms with E-state index in [9.17, 15) is 5.11 Å². The third-order valence-electron chi connectivity index (χ3n) is 3.43. The molecule has 1 aliphatic rings. The normalized spacial score (nSPS) is 16.9. The van der Waals surface area contributed by atoms with E-state index in [1.54, 1.807) is 6.07 Å². The van der Waals surface area contributed by atoms with E-state index in [1.807, 2.05) is 6.07 Å². The molecule has 1 aromatic carbocycles. The average molecular weight is 407 g/mol. The van der Waals surface area contributed by atoms with Crippen molar-refractivity contribution in [1.82, 2.24) is 10.2 Å². The average Bonchev–Trinajstić information content (AvgIpc) is 2.40. The Morgan fingerprint density at radius 3 is 2.50 bits per heavy atom. The van der Waals surface area contributed by atoms with Gasteiger partial charge in [-0.2, -0.15) is 0 Å². The lowest BCUT2D eigenvalue weighted by Crippen LogP contribution is -2.45. The Morgan fingerprint density at radius 2 is 1.95 bits per heavy atom. The number of hydrogen-bond donors (Lipinski definition) is 2. The topological polar surface area (TPSA) is 35.5 Å². The molecule has 2 rings (SSSR count). The van der Waals surface area contributed by atoms with Crippen LogP contribution >= 0.6 is 52.3 Å². The number of rotatable bonds is 3. The summed E-state index contributed by atoms with van der Waals surface area (Å²) in [5.74, 6) is 0.271. The van der Waals surface area contributed by atoms with Gasteiger partial charge in [0.1, 0.15) is 5.75 Å². The van der Waals surface area contributed by atoms with Gasteiger partial charge in [-0.05, 0) is 34.5 Å². The number of piperazine rings is 1. The van der Waals surface area contributed by atoms with Crippen LogP contribution in [0.25, 0.3) is 0 Å². The Labute approximate surface area is 146 Å². The fourth-order valence-electron chi connectivity index (χ4n) is 2.51. The van der Waals surface area contributed by atoms with Crippen LogP contribution in [0.3, 0.4) is 0 Å². The van der Waals surface area contributed by atoms with Crippen LogP contribution in [0.1, 0.15) is 24.9 Å². The second kappa shape index (κ2) is 9.34. The molecule has 0 unspecified atom stereocenters. The number of nitrogens with zero attached hydrogens (tertiary/aromatic N) is 1. The molecule has 7 heteroatoms. The number of hydrogen-bond acceptors (Lipinski definition) is 3. The third kappa shape index (κ3) is 4.39. The van der Waals surface area contributed by atoms with Crippen molar-refractivity contribution >= 4 is 52.3 Å². The van der Waals surface area contributed by atoms with Crippen molar-refractivity contribution in [2.75, 3.05) is 26.2 Å². The van der Waals surface area contributed by atoms with Gasteiger partial charge in [-0.25, -0.2) is 0 Å². The van der Waals surface area contributed by atoms with Gasteiger partial charge in [0.15, 0.2) is 0 Å². The summed E-state index contributed by atoms with van der Waals surface area (Å²) in [6.07, 6.45) is 0.934. The molecule has 0 spiro atoms. The van der Waals surface area contributed by atoms with Crippen LogP contribution in [0.4, 0.5) is 0 Å². The number of phenols is 1. The van der Waals surface area contributed by atoms with Gasteiger partial charge >= 0.3 is 0 Å². The number of nitrogens with one attached hydrogen (secondary N) is 1. The van der Waals surface area contributed by atoms with E-state index in [-0.39, 0.29) is 36.6 Å². The standard InChI is InChI=1S/C13H18BrClN2O.2ClH/c1-2-11(17-7-5-16-6-8-17)12-10(15)4-3-9(14)13(12)18;;/h3-4,11,16,18H,2,5-8H2,1H3;2*1H/t11-;;/m0../s1. The monoisotopic (exact) mass is 404 g/mol. The zero-order valence-corrected chi connectivity index (χ0v) is 15.2. The number of aromatic hydroxyl groups is 1. The van der Waals surface area contributed by atoms with Crippen molar-refractivity contribution in [3.05, 3.63) is 27.2 Å². The maximum absolute atomic E-state index is 10.2. The zero-order valence-electron chi connectivity index (χ0n) is 11.2. The van der Waals surface area contributed by atoms with E-state index < -0.39 is 0 Å². The first-order valence-corrected chi connectivity index (χ1v) is 7.44. The predicted molar refractivity (Wildman–Crippen MR) is 92.8 cm³/mol. The molecule has 0 amide bonds. The zero-order chi connectivity index (χ0) is 13.1. The van der Waals surface area contributed by atoms with Gasteiger partial charge in [-0.3, -0.25) is 4.90 Å². The molecule has 3 nitrogen and oxygen atoms in total. The largest absolute Gasteiger partial charge is 0.506 e. The van der Waals surface area contributed by atoms with Gasteiger partial charge < -0.3 is 10.4 Å². The Hall–Kier alpha value is 0.290. The molecule has 0 aliphatic carbocycles. The van der Waals surface area contributed by atoms with Crippen LogP contribution in [-0.2, 0) is 0 Å². The highest BCUT2D eigenvalue weighted by molar-refractivity contribution is 9.10. The van der Waals surface area contributed by atoms with E-state index in [0.717, 1.165) is 38.2 Å². The molecule has 116 valence electrons. The Kier molecular flexibility index (Phi) is 9.47.